The summed E-state index contributed by atoms with van der Waals surface area (Å²) in [5.74, 6) is 0.419. The topological polar surface area (TPSA) is 55.6 Å². The smallest absolute Gasteiger partial charge is 0.258 e. The molecule has 13 heavy (non-hydrogen) atoms. The first kappa shape index (κ1) is 9.97. The second kappa shape index (κ2) is 4.22. The number of rotatable bonds is 4. The Bertz CT molecular complexity index is 261. The van der Waals surface area contributed by atoms with Crippen LogP contribution in [0.2, 0.25) is 0 Å². The Morgan fingerprint density at radius 3 is 2.77 bits per heavy atom. The van der Waals surface area contributed by atoms with Crippen molar-refractivity contribution in [3.8, 4) is 0 Å². The number of nitrogens with one attached hydrogen (secondary N) is 1. The van der Waals surface area contributed by atoms with Crippen molar-refractivity contribution in [2.45, 2.75) is 25.9 Å². The zero-order chi connectivity index (χ0) is 9.84. The van der Waals surface area contributed by atoms with Crippen molar-refractivity contribution in [2.75, 3.05) is 7.05 Å². The molecular weight excluding hydrogens is 180 g/mol. The predicted octanol–water partition coefficient (Wildman–Crippen LogP) is 0.219. The Labute approximate surface area is 74.1 Å². The molecule has 0 spiro atoms. The first-order valence-electron chi connectivity index (χ1n) is 3.86. The maximum absolute atomic E-state index is 12.0. The van der Waals surface area contributed by atoms with Crippen molar-refractivity contribution < 1.29 is 8.78 Å². The molecule has 1 rings (SSSR count). The summed E-state index contributed by atoms with van der Waals surface area (Å²) < 4.78 is 25.1. The van der Waals surface area contributed by atoms with E-state index in [2.05, 4.69) is 20.8 Å². The van der Waals surface area contributed by atoms with E-state index in [1.807, 2.05) is 0 Å². The lowest BCUT2D eigenvalue weighted by molar-refractivity contribution is 0.119. The first-order chi connectivity index (χ1) is 6.15. The molecule has 1 N–H and O–H groups in total. The van der Waals surface area contributed by atoms with Crippen LogP contribution in [-0.4, -0.2) is 33.7 Å². The van der Waals surface area contributed by atoms with Crippen LogP contribution in [0.3, 0.4) is 0 Å². The van der Waals surface area contributed by atoms with Gasteiger partial charge in [-0.05, 0) is 24.4 Å². The van der Waals surface area contributed by atoms with Gasteiger partial charge in [-0.2, -0.15) is 0 Å². The number of halogens is 2. The summed E-state index contributed by atoms with van der Waals surface area (Å²) >= 11 is 0. The number of hydrogen-bond acceptors (Lipinski definition) is 4. The van der Waals surface area contributed by atoms with Crippen LogP contribution in [0.5, 0.6) is 0 Å². The maximum atomic E-state index is 12.0. The van der Waals surface area contributed by atoms with Gasteiger partial charge in [0.1, 0.15) is 6.54 Å². The highest BCUT2D eigenvalue weighted by atomic mass is 19.3. The van der Waals surface area contributed by atoms with Gasteiger partial charge in [0.25, 0.3) is 6.43 Å². The number of aromatic nitrogens is 4. The highest BCUT2D eigenvalue weighted by molar-refractivity contribution is 4.88. The van der Waals surface area contributed by atoms with Gasteiger partial charge in [-0.1, -0.05) is 0 Å². The normalized spacial score (nSPS) is 13.6. The molecular formula is C6H11F2N5. The lowest BCUT2D eigenvalue weighted by atomic mass is 10.3. The summed E-state index contributed by atoms with van der Waals surface area (Å²) in [6, 6.07) is -0.131. The van der Waals surface area contributed by atoms with E-state index in [1.165, 1.54) is 0 Å². The number of alkyl halides is 2. The van der Waals surface area contributed by atoms with E-state index in [-0.39, 0.29) is 6.04 Å². The van der Waals surface area contributed by atoms with E-state index >= 15 is 0 Å². The van der Waals surface area contributed by atoms with Gasteiger partial charge < -0.3 is 5.32 Å². The van der Waals surface area contributed by atoms with Crippen LogP contribution < -0.4 is 5.32 Å². The van der Waals surface area contributed by atoms with Gasteiger partial charge >= 0.3 is 0 Å². The average Bonchev–Trinajstić information content (AvgIpc) is 2.50. The minimum atomic E-state index is -2.44. The van der Waals surface area contributed by atoms with E-state index in [4.69, 9.17) is 0 Å². The summed E-state index contributed by atoms with van der Waals surface area (Å²) in [6.07, 6.45) is -2.44. The molecule has 1 atom stereocenters. The Balaban J connectivity index is 2.76. The van der Waals surface area contributed by atoms with Gasteiger partial charge in [-0.3, -0.25) is 0 Å². The van der Waals surface area contributed by atoms with Gasteiger partial charge in [0, 0.05) is 0 Å². The molecule has 1 heterocycles. The standard InChI is InChI=1S/C6H11F2N5/c1-4(9-2)6-10-11-12-13(6)3-5(7)8/h4-5,9H,3H2,1-2H3. The molecule has 0 saturated heterocycles. The largest absolute Gasteiger partial charge is 0.311 e. The minimum Gasteiger partial charge on any atom is -0.311 e. The van der Waals surface area contributed by atoms with E-state index < -0.39 is 13.0 Å². The minimum absolute atomic E-state index is 0.131. The van der Waals surface area contributed by atoms with Crippen LogP contribution in [0.15, 0.2) is 0 Å². The molecule has 0 amide bonds. The van der Waals surface area contributed by atoms with E-state index in [1.54, 1.807) is 14.0 Å². The lowest BCUT2D eigenvalue weighted by Crippen LogP contribution is -2.20. The van der Waals surface area contributed by atoms with Crippen molar-refractivity contribution >= 4 is 0 Å². The molecule has 0 aliphatic heterocycles. The predicted molar refractivity (Wildman–Crippen MR) is 41.3 cm³/mol. The molecule has 1 unspecified atom stereocenters. The molecule has 0 saturated carbocycles. The second-order valence-electron chi connectivity index (χ2n) is 2.62. The molecule has 74 valence electrons. The Hall–Kier alpha value is -1.11. The molecule has 0 fully saturated rings. The zero-order valence-corrected chi connectivity index (χ0v) is 7.41. The van der Waals surface area contributed by atoms with Crippen LogP contribution >= 0.6 is 0 Å². The van der Waals surface area contributed by atoms with Gasteiger partial charge in [-0.15, -0.1) is 5.10 Å². The summed E-state index contributed by atoms with van der Waals surface area (Å²) in [7, 11) is 1.71. The van der Waals surface area contributed by atoms with E-state index in [0.29, 0.717) is 5.82 Å². The average molecular weight is 191 g/mol. The number of nitrogens with zero attached hydrogens (tertiary/aromatic N) is 4. The summed E-state index contributed by atoms with van der Waals surface area (Å²) in [4.78, 5) is 0. The van der Waals surface area contributed by atoms with Crippen LogP contribution in [0.25, 0.3) is 0 Å². The monoisotopic (exact) mass is 191 g/mol. The van der Waals surface area contributed by atoms with Gasteiger partial charge in [0.15, 0.2) is 5.82 Å². The quantitative estimate of drug-likeness (QED) is 0.739. The van der Waals surface area contributed by atoms with Crippen LogP contribution in [0.1, 0.15) is 18.8 Å². The molecule has 1 aromatic heterocycles. The summed E-state index contributed by atoms with van der Waals surface area (Å²) in [5, 5.41) is 13.3. The molecule has 0 aromatic carbocycles. The van der Waals surface area contributed by atoms with Gasteiger partial charge in [-0.25, -0.2) is 13.5 Å². The van der Waals surface area contributed by atoms with Crippen molar-refractivity contribution in [1.29, 1.82) is 0 Å². The van der Waals surface area contributed by atoms with Crippen molar-refractivity contribution in [3.05, 3.63) is 5.82 Å². The Morgan fingerprint density at radius 1 is 1.54 bits per heavy atom. The van der Waals surface area contributed by atoms with Gasteiger partial charge in [0.2, 0.25) is 0 Å². The lowest BCUT2D eigenvalue weighted by Gasteiger charge is -2.09. The van der Waals surface area contributed by atoms with E-state index in [0.717, 1.165) is 4.68 Å². The van der Waals surface area contributed by atoms with Crippen LogP contribution in [0.4, 0.5) is 8.78 Å². The second-order valence-corrected chi connectivity index (χ2v) is 2.62. The highest BCUT2D eigenvalue weighted by Gasteiger charge is 2.15. The van der Waals surface area contributed by atoms with Crippen LogP contribution in [-0.2, 0) is 6.54 Å². The highest BCUT2D eigenvalue weighted by Crippen LogP contribution is 2.07. The molecule has 0 aliphatic rings. The fraction of sp³-hybridized carbons (Fsp3) is 0.833. The third-order valence-electron chi connectivity index (χ3n) is 1.69. The van der Waals surface area contributed by atoms with Gasteiger partial charge in [0.05, 0.1) is 6.04 Å². The first-order valence-corrected chi connectivity index (χ1v) is 3.86. The molecule has 7 heteroatoms. The summed E-state index contributed by atoms with van der Waals surface area (Å²) in [5.41, 5.74) is 0. The van der Waals surface area contributed by atoms with E-state index in [9.17, 15) is 8.78 Å². The Kier molecular flexibility index (Phi) is 3.24. The Morgan fingerprint density at radius 2 is 2.23 bits per heavy atom. The number of tetrazole rings is 1. The van der Waals surface area contributed by atoms with Crippen molar-refractivity contribution in [3.63, 3.8) is 0 Å². The summed E-state index contributed by atoms with van der Waals surface area (Å²) in [6.45, 7) is 1.34. The molecule has 0 radical (unpaired) electrons. The molecule has 5 nitrogen and oxygen atoms in total. The van der Waals surface area contributed by atoms with Crippen LogP contribution in [0, 0.1) is 0 Å². The number of hydrogen-bond donors (Lipinski definition) is 1. The molecule has 0 bridgehead atoms. The fourth-order valence-electron chi connectivity index (χ4n) is 0.912. The fourth-order valence-corrected chi connectivity index (χ4v) is 0.912. The molecule has 1 aromatic rings. The third kappa shape index (κ3) is 2.41. The maximum Gasteiger partial charge on any atom is 0.258 e. The zero-order valence-electron chi connectivity index (χ0n) is 7.41. The SMILES string of the molecule is CNC(C)c1nnnn1CC(F)F. The van der Waals surface area contributed by atoms with Crippen molar-refractivity contribution in [2.24, 2.45) is 0 Å². The third-order valence-corrected chi connectivity index (χ3v) is 1.69. The van der Waals surface area contributed by atoms with Crippen molar-refractivity contribution in [1.82, 2.24) is 25.5 Å². The molecule has 0 aliphatic carbocycles.